The molecular weight excluding hydrogens is 322 g/mol. The summed E-state index contributed by atoms with van der Waals surface area (Å²) in [6, 6.07) is 24.4. The highest BCUT2D eigenvalue weighted by Crippen LogP contribution is 2.40. The van der Waals surface area contributed by atoms with Crippen LogP contribution < -0.4 is 0 Å². The number of aromatic nitrogens is 1. The lowest BCUT2D eigenvalue weighted by Gasteiger charge is -2.00. The van der Waals surface area contributed by atoms with Crippen LogP contribution in [0.3, 0.4) is 0 Å². The summed E-state index contributed by atoms with van der Waals surface area (Å²) in [7, 11) is 0. The fourth-order valence-corrected chi connectivity index (χ4v) is 3.76. The second-order valence-electron chi connectivity index (χ2n) is 6.42. The fraction of sp³-hybridized carbons (Fsp3) is 0. The van der Waals surface area contributed by atoms with E-state index in [2.05, 4.69) is 29.2 Å². The van der Waals surface area contributed by atoms with Crippen LogP contribution in [0.15, 0.2) is 87.8 Å². The fourth-order valence-electron chi connectivity index (χ4n) is 3.76. The number of fused-ring (bicyclic) bond motifs is 7. The first-order chi connectivity index (χ1) is 12.9. The van der Waals surface area contributed by atoms with Crippen LogP contribution in [0.5, 0.6) is 0 Å². The molecular formula is C23H13NO2. The number of pyridine rings is 1. The number of nitrogens with zero attached hydrogens (tertiary/aromatic N) is 1. The summed E-state index contributed by atoms with van der Waals surface area (Å²) < 4.78 is 12.5. The molecule has 0 spiro atoms. The van der Waals surface area contributed by atoms with Crippen molar-refractivity contribution in [2.24, 2.45) is 0 Å². The quantitative estimate of drug-likeness (QED) is 0.342. The Labute approximate surface area is 148 Å². The first kappa shape index (κ1) is 13.7. The standard InChI is InChI=1S/C23H13NO2/c1-2-10-20-14(6-1)16-11-12-17-15-7-5-8-18(19-9-3-4-13-24-19)21(15)26-23(17)22(16)25-20/h1-13H. The molecule has 0 bridgehead atoms. The van der Waals surface area contributed by atoms with Crippen molar-refractivity contribution in [2.75, 3.05) is 0 Å². The Hall–Kier alpha value is -3.59. The molecule has 0 atom stereocenters. The third-order valence-electron chi connectivity index (χ3n) is 4.95. The monoisotopic (exact) mass is 335 g/mol. The molecule has 3 nitrogen and oxygen atoms in total. The molecule has 0 aliphatic carbocycles. The summed E-state index contributed by atoms with van der Waals surface area (Å²) in [6.45, 7) is 0. The summed E-state index contributed by atoms with van der Waals surface area (Å²) in [5.41, 5.74) is 5.19. The minimum Gasteiger partial charge on any atom is -0.452 e. The first-order valence-electron chi connectivity index (χ1n) is 8.57. The number of hydrogen-bond acceptors (Lipinski definition) is 3. The Balaban J connectivity index is 1.78. The van der Waals surface area contributed by atoms with E-state index in [0.29, 0.717) is 0 Å². The van der Waals surface area contributed by atoms with Gasteiger partial charge in [0.1, 0.15) is 11.2 Å². The summed E-state index contributed by atoms with van der Waals surface area (Å²) >= 11 is 0. The van der Waals surface area contributed by atoms with Gasteiger partial charge in [0.2, 0.25) is 0 Å². The third-order valence-corrected chi connectivity index (χ3v) is 4.95. The molecule has 3 aromatic carbocycles. The van der Waals surface area contributed by atoms with Gasteiger partial charge in [-0.2, -0.15) is 0 Å². The predicted octanol–water partition coefficient (Wildman–Crippen LogP) is 6.55. The highest BCUT2D eigenvalue weighted by Gasteiger charge is 2.17. The number of furan rings is 2. The number of rotatable bonds is 1. The van der Waals surface area contributed by atoms with E-state index >= 15 is 0 Å². The van der Waals surface area contributed by atoms with E-state index in [-0.39, 0.29) is 0 Å². The van der Waals surface area contributed by atoms with E-state index in [0.717, 1.165) is 55.1 Å². The lowest BCUT2D eigenvalue weighted by atomic mass is 10.1. The maximum Gasteiger partial charge on any atom is 0.178 e. The van der Waals surface area contributed by atoms with Crippen molar-refractivity contribution in [1.29, 1.82) is 0 Å². The molecule has 0 unspecified atom stereocenters. The van der Waals surface area contributed by atoms with E-state index in [9.17, 15) is 0 Å². The van der Waals surface area contributed by atoms with Gasteiger partial charge in [-0.15, -0.1) is 0 Å². The number of hydrogen-bond donors (Lipinski definition) is 0. The lowest BCUT2D eigenvalue weighted by molar-refractivity contribution is 0.634. The maximum atomic E-state index is 6.35. The molecule has 0 aliphatic rings. The van der Waals surface area contributed by atoms with E-state index in [4.69, 9.17) is 8.83 Å². The van der Waals surface area contributed by atoms with Crippen LogP contribution in [0, 0.1) is 0 Å². The summed E-state index contributed by atoms with van der Waals surface area (Å²) in [4.78, 5) is 4.48. The molecule has 122 valence electrons. The normalized spacial score (nSPS) is 11.8. The summed E-state index contributed by atoms with van der Waals surface area (Å²) in [6.07, 6.45) is 1.80. The van der Waals surface area contributed by atoms with Gasteiger partial charge in [-0.3, -0.25) is 4.98 Å². The van der Waals surface area contributed by atoms with Crippen molar-refractivity contribution in [1.82, 2.24) is 4.98 Å². The molecule has 0 saturated heterocycles. The smallest absolute Gasteiger partial charge is 0.178 e. The van der Waals surface area contributed by atoms with Gasteiger partial charge >= 0.3 is 0 Å². The molecule has 0 aliphatic heterocycles. The van der Waals surface area contributed by atoms with Crippen LogP contribution in [-0.2, 0) is 0 Å². The zero-order valence-corrected chi connectivity index (χ0v) is 13.8. The summed E-state index contributed by atoms with van der Waals surface area (Å²) in [5.74, 6) is 0. The van der Waals surface area contributed by atoms with Crippen molar-refractivity contribution in [3.05, 3.63) is 79.0 Å². The van der Waals surface area contributed by atoms with Crippen LogP contribution in [0.4, 0.5) is 0 Å². The Morgan fingerprint density at radius 2 is 1.27 bits per heavy atom. The number of benzene rings is 3. The van der Waals surface area contributed by atoms with Gasteiger partial charge in [0, 0.05) is 33.3 Å². The highest BCUT2D eigenvalue weighted by molar-refractivity contribution is 6.20. The second-order valence-corrected chi connectivity index (χ2v) is 6.42. The third kappa shape index (κ3) is 1.74. The predicted molar refractivity (Wildman–Crippen MR) is 104 cm³/mol. The van der Waals surface area contributed by atoms with E-state index in [1.54, 1.807) is 6.20 Å². The average molecular weight is 335 g/mol. The van der Waals surface area contributed by atoms with Gasteiger partial charge in [-0.25, -0.2) is 0 Å². The van der Waals surface area contributed by atoms with Crippen molar-refractivity contribution in [2.45, 2.75) is 0 Å². The molecule has 0 N–H and O–H groups in total. The topological polar surface area (TPSA) is 39.2 Å². The minimum absolute atomic E-state index is 0.789. The molecule has 0 fully saturated rings. The zero-order chi connectivity index (χ0) is 17.1. The van der Waals surface area contributed by atoms with Gasteiger partial charge in [0.05, 0.1) is 5.69 Å². The van der Waals surface area contributed by atoms with Gasteiger partial charge in [0.25, 0.3) is 0 Å². The first-order valence-corrected chi connectivity index (χ1v) is 8.57. The lowest BCUT2D eigenvalue weighted by Crippen LogP contribution is -1.81. The van der Waals surface area contributed by atoms with Crippen LogP contribution in [0.1, 0.15) is 0 Å². The molecule has 0 amide bonds. The van der Waals surface area contributed by atoms with Gasteiger partial charge in [0.15, 0.2) is 11.2 Å². The van der Waals surface area contributed by atoms with E-state index in [1.807, 2.05) is 48.5 Å². The van der Waals surface area contributed by atoms with Gasteiger partial charge in [-0.05, 0) is 36.4 Å². The van der Waals surface area contributed by atoms with Gasteiger partial charge in [-0.1, -0.05) is 36.4 Å². The Morgan fingerprint density at radius 1 is 0.538 bits per heavy atom. The molecule has 3 heterocycles. The molecule has 3 aromatic heterocycles. The van der Waals surface area contributed by atoms with Crippen molar-refractivity contribution in [3.63, 3.8) is 0 Å². The SMILES string of the molecule is c1ccc(-c2cccc3c2oc2c3ccc3c4ccccc4oc32)nc1. The molecule has 6 aromatic rings. The Morgan fingerprint density at radius 3 is 2.15 bits per heavy atom. The van der Waals surface area contributed by atoms with Crippen LogP contribution in [0.25, 0.3) is 55.1 Å². The van der Waals surface area contributed by atoms with Crippen molar-refractivity contribution >= 4 is 43.9 Å². The molecule has 0 saturated carbocycles. The summed E-state index contributed by atoms with van der Waals surface area (Å²) in [5, 5.41) is 4.32. The molecule has 26 heavy (non-hydrogen) atoms. The molecule has 3 heteroatoms. The molecule has 6 rings (SSSR count). The average Bonchev–Trinajstić information content (AvgIpc) is 3.27. The van der Waals surface area contributed by atoms with Crippen LogP contribution in [0.2, 0.25) is 0 Å². The highest BCUT2D eigenvalue weighted by atomic mass is 16.4. The van der Waals surface area contributed by atoms with Crippen molar-refractivity contribution in [3.8, 4) is 11.3 Å². The van der Waals surface area contributed by atoms with Gasteiger partial charge < -0.3 is 8.83 Å². The largest absolute Gasteiger partial charge is 0.452 e. The molecule has 0 radical (unpaired) electrons. The van der Waals surface area contributed by atoms with Crippen molar-refractivity contribution < 1.29 is 8.83 Å². The zero-order valence-electron chi connectivity index (χ0n) is 13.8. The minimum atomic E-state index is 0.789. The van der Waals surface area contributed by atoms with E-state index < -0.39 is 0 Å². The van der Waals surface area contributed by atoms with Crippen LogP contribution in [-0.4, -0.2) is 4.98 Å². The van der Waals surface area contributed by atoms with Crippen LogP contribution >= 0.6 is 0 Å². The Bertz CT molecular complexity index is 1420. The maximum absolute atomic E-state index is 6.35. The van der Waals surface area contributed by atoms with E-state index in [1.165, 1.54) is 0 Å². The number of para-hydroxylation sites is 2. The Kier molecular flexibility index (Phi) is 2.61. The second kappa shape index (κ2) is 4.96.